The van der Waals surface area contributed by atoms with Crippen molar-refractivity contribution in [3.05, 3.63) is 18.3 Å². The first-order valence-electron chi connectivity index (χ1n) is 8.31. The van der Waals surface area contributed by atoms with Crippen molar-refractivity contribution >= 4 is 15.8 Å². The molecule has 2 aliphatic rings. The Morgan fingerprint density at radius 3 is 2.57 bits per heavy atom. The van der Waals surface area contributed by atoms with Gasteiger partial charge < -0.3 is 9.64 Å². The van der Waals surface area contributed by atoms with Crippen LogP contribution >= 0.6 is 0 Å². The summed E-state index contributed by atoms with van der Waals surface area (Å²) in [5, 5.41) is 0. The molecule has 0 N–H and O–H groups in total. The molecule has 3 rings (SSSR count). The Bertz CT molecular complexity index is 624. The molecule has 0 aliphatic carbocycles. The summed E-state index contributed by atoms with van der Waals surface area (Å²) in [4.78, 5) is 6.85. The first-order chi connectivity index (χ1) is 11.0. The summed E-state index contributed by atoms with van der Waals surface area (Å²) < 4.78 is 32.3. The van der Waals surface area contributed by atoms with E-state index in [0.29, 0.717) is 25.6 Å². The maximum atomic E-state index is 12.5. The third-order valence-corrected chi connectivity index (χ3v) is 6.47. The van der Waals surface area contributed by atoms with Crippen molar-refractivity contribution in [1.29, 1.82) is 0 Å². The molecule has 1 aromatic rings. The van der Waals surface area contributed by atoms with Crippen LogP contribution in [-0.2, 0) is 14.8 Å². The molecule has 1 atom stereocenters. The summed E-state index contributed by atoms with van der Waals surface area (Å²) in [6, 6.07) is 3.49. The monoisotopic (exact) mass is 339 g/mol. The highest BCUT2D eigenvalue weighted by Gasteiger charge is 2.28. The summed E-state index contributed by atoms with van der Waals surface area (Å²) in [5.41, 5.74) is 0. The molecule has 1 unspecified atom stereocenters. The van der Waals surface area contributed by atoms with Gasteiger partial charge in [-0.25, -0.2) is 13.4 Å². The summed E-state index contributed by atoms with van der Waals surface area (Å²) >= 11 is 0. The molecule has 0 amide bonds. The quantitative estimate of drug-likeness (QED) is 0.836. The maximum Gasteiger partial charge on any atom is 0.244 e. The first-order valence-corrected chi connectivity index (χ1v) is 9.75. The van der Waals surface area contributed by atoms with Crippen LogP contribution in [0, 0.1) is 5.92 Å². The van der Waals surface area contributed by atoms with Gasteiger partial charge in [0.1, 0.15) is 10.7 Å². The Kier molecular flexibility index (Phi) is 4.89. The molecule has 3 heterocycles. The third kappa shape index (κ3) is 3.51. The SMILES string of the molecule is CC(C)C1CN(c2ccc(S(=O)(=O)N3CCCC3)cn2)CCO1. The molecular weight excluding hydrogens is 314 g/mol. The minimum Gasteiger partial charge on any atom is -0.374 e. The number of nitrogens with zero attached hydrogens (tertiary/aromatic N) is 3. The highest BCUT2D eigenvalue weighted by atomic mass is 32.2. The average molecular weight is 339 g/mol. The predicted octanol–water partition coefficient (Wildman–Crippen LogP) is 1.73. The van der Waals surface area contributed by atoms with Crippen LogP contribution in [0.5, 0.6) is 0 Å². The van der Waals surface area contributed by atoms with Crippen molar-refractivity contribution in [3.63, 3.8) is 0 Å². The molecule has 0 aromatic carbocycles. The Morgan fingerprint density at radius 2 is 1.96 bits per heavy atom. The molecule has 23 heavy (non-hydrogen) atoms. The number of aromatic nitrogens is 1. The minimum absolute atomic E-state index is 0.193. The molecule has 0 spiro atoms. The van der Waals surface area contributed by atoms with Gasteiger partial charge in [0.15, 0.2) is 0 Å². The van der Waals surface area contributed by atoms with E-state index < -0.39 is 10.0 Å². The minimum atomic E-state index is -3.38. The van der Waals surface area contributed by atoms with Gasteiger partial charge in [-0.15, -0.1) is 0 Å². The van der Waals surface area contributed by atoms with E-state index in [1.807, 2.05) is 6.07 Å². The van der Waals surface area contributed by atoms with E-state index in [2.05, 4.69) is 23.7 Å². The second-order valence-corrected chi connectivity index (χ2v) is 8.50. The predicted molar refractivity (Wildman–Crippen MR) is 89.0 cm³/mol. The molecule has 2 aliphatic heterocycles. The van der Waals surface area contributed by atoms with Gasteiger partial charge in [-0.2, -0.15) is 4.31 Å². The van der Waals surface area contributed by atoms with Crippen LogP contribution in [0.4, 0.5) is 5.82 Å². The molecular formula is C16H25N3O3S. The number of hydrogen-bond donors (Lipinski definition) is 0. The van der Waals surface area contributed by atoms with Crippen molar-refractivity contribution in [3.8, 4) is 0 Å². The Balaban J connectivity index is 1.74. The van der Waals surface area contributed by atoms with Gasteiger partial charge in [-0.05, 0) is 30.9 Å². The molecule has 6 nitrogen and oxygen atoms in total. The molecule has 0 saturated carbocycles. The maximum absolute atomic E-state index is 12.5. The normalized spacial score (nSPS) is 23.6. The van der Waals surface area contributed by atoms with Gasteiger partial charge in [0, 0.05) is 32.4 Å². The average Bonchev–Trinajstić information content (AvgIpc) is 3.10. The van der Waals surface area contributed by atoms with Crippen LogP contribution in [0.3, 0.4) is 0 Å². The van der Waals surface area contributed by atoms with Crippen LogP contribution in [0.15, 0.2) is 23.2 Å². The molecule has 7 heteroatoms. The molecule has 1 aromatic heterocycles. The van der Waals surface area contributed by atoms with E-state index in [9.17, 15) is 8.42 Å². The van der Waals surface area contributed by atoms with Gasteiger partial charge >= 0.3 is 0 Å². The van der Waals surface area contributed by atoms with Crippen molar-refractivity contribution in [2.24, 2.45) is 5.92 Å². The lowest BCUT2D eigenvalue weighted by molar-refractivity contribution is 0.0112. The van der Waals surface area contributed by atoms with Crippen LogP contribution in [-0.4, -0.2) is 56.6 Å². The molecule has 128 valence electrons. The van der Waals surface area contributed by atoms with E-state index in [-0.39, 0.29) is 11.0 Å². The zero-order valence-electron chi connectivity index (χ0n) is 13.8. The largest absolute Gasteiger partial charge is 0.374 e. The third-order valence-electron chi connectivity index (χ3n) is 4.58. The van der Waals surface area contributed by atoms with Crippen molar-refractivity contribution in [1.82, 2.24) is 9.29 Å². The van der Waals surface area contributed by atoms with E-state index in [1.165, 1.54) is 6.20 Å². The lowest BCUT2D eigenvalue weighted by Gasteiger charge is -2.35. The van der Waals surface area contributed by atoms with Gasteiger partial charge in [-0.3, -0.25) is 0 Å². The number of anilines is 1. The second-order valence-electron chi connectivity index (χ2n) is 6.56. The fourth-order valence-electron chi connectivity index (χ4n) is 3.08. The highest BCUT2D eigenvalue weighted by molar-refractivity contribution is 7.89. The Morgan fingerprint density at radius 1 is 1.22 bits per heavy atom. The lowest BCUT2D eigenvalue weighted by Crippen LogP contribution is -2.45. The van der Waals surface area contributed by atoms with Crippen LogP contribution in [0.1, 0.15) is 26.7 Å². The first kappa shape index (κ1) is 16.7. The van der Waals surface area contributed by atoms with Crippen LogP contribution in [0.25, 0.3) is 0 Å². The summed E-state index contributed by atoms with van der Waals surface area (Å²) in [7, 11) is -3.38. The second kappa shape index (κ2) is 6.75. The zero-order chi connectivity index (χ0) is 16.4. The lowest BCUT2D eigenvalue weighted by atomic mass is 10.1. The molecule has 2 fully saturated rings. The van der Waals surface area contributed by atoms with E-state index in [1.54, 1.807) is 10.4 Å². The van der Waals surface area contributed by atoms with Crippen LogP contribution < -0.4 is 4.90 Å². The topological polar surface area (TPSA) is 62.7 Å². The number of sulfonamides is 1. The standard InChI is InChI=1S/C16H25N3O3S/c1-13(2)15-12-18(9-10-22-15)16-6-5-14(11-17-16)23(20,21)19-7-3-4-8-19/h5-6,11,13,15H,3-4,7-10,12H2,1-2H3. The highest BCUT2D eigenvalue weighted by Crippen LogP contribution is 2.23. The van der Waals surface area contributed by atoms with Gasteiger partial charge in [0.25, 0.3) is 0 Å². The van der Waals surface area contributed by atoms with Gasteiger partial charge in [0.05, 0.1) is 12.7 Å². The number of hydrogen-bond acceptors (Lipinski definition) is 5. The molecule has 2 saturated heterocycles. The summed E-state index contributed by atoms with van der Waals surface area (Å²) in [5.74, 6) is 1.27. The Labute approximate surface area is 138 Å². The summed E-state index contributed by atoms with van der Waals surface area (Å²) in [6.07, 6.45) is 3.56. The summed E-state index contributed by atoms with van der Waals surface area (Å²) in [6.45, 7) is 7.78. The number of rotatable bonds is 4. The Hall–Kier alpha value is -1.18. The zero-order valence-corrected chi connectivity index (χ0v) is 14.6. The van der Waals surface area contributed by atoms with E-state index in [4.69, 9.17) is 4.74 Å². The number of ether oxygens (including phenoxy) is 1. The number of morpholine rings is 1. The van der Waals surface area contributed by atoms with E-state index >= 15 is 0 Å². The van der Waals surface area contributed by atoms with E-state index in [0.717, 1.165) is 31.7 Å². The van der Waals surface area contributed by atoms with Crippen molar-refractivity contribution in [2.45, 2.75) is 37.7 Å². The van der Waals surface area contributed by atoms with Crippen LogP contribution in [0.2, 0.25) is 0 Å². The fraction of sp³-hybridized carbons (Fsp3) is 0.688. The van der Waals surface area contributed by atoms with Crippen molar-refractivity contribution in [2.75, 3.05) is 37.7 Å². The van der Waals surface area contributed by atoms with Gasteiger partial charge in [0.2, 0.25) is 10.0 Å². The fourth-order valence-corrected chi connectivity index (χ4v) is 4.54. The number of pyridine rings is 1. The molecule has 0 bridgehead atoms. The smallest absolute Gasteiger partial charge is 0.244 e. The van der Waals surface area contributed by atoms with Gasteiger partial charge in [-0.1, -0.05) is 13.8 Å². The molecule has 0 radical (unpaired) electrons. The van der Waals surface area contributed by atoms with Crippen molar-refractivity contribution < 1.29 is 13.2 Å².